The topological polar surface area (TPSA) is 67.4 Å². The van der Waals surface area contributed by atoms with Gasteiger partial charge in [-0.3, -0.25) is 9.59 Å². The Kier molecular flexibility index (Phi) is 3.97. The lowest BCUT2D eigenvalue weighted by atomic mass is 9.86. The third-order valence-electron chi connectivity index (χ3n) is 3.99. The van der Waals surface area contributed by atoms with Crippen molar-refractivity contribution < 1.29 is 18.7 Å². The maximum atomic E-state index is 13.4. The normalized spacial score (nSPS) is 14.7. The number of ether oxygens (including phenoxy) is 1. The maximum Gasteiger partial charge on any atom is 0.262 e. The van der Waals surface area contributed by atoms with Gasteiger partial charge in [0.25, 0.3) is 5.91 Å². The second-order valence-electron chi connectivity index (χ2n) is 6.11. The molecule has 3 rings (SSSR count). The molecular weight excluding hydrogens is 311 g/mol. The van der Waals surface area contributed by atoms with Crippen molar-refractivity contribution >= 4 is 23.2 Å². The molecule has 124 valence electrons. The molecule has 0 spiro atoms. The summed E-state index contributed by atoms with van der Waals surface area (Å²) in [5, 5.41) is 5.49. The SMILES string of the molecule is CC1(C)C(=O)Nc2ccc(NC(=O)COc3ccccc3F)cc21. The van der Waals surface area contributed by atoms with Gasteiger partial charge in [0, 0.05) is 11.4 Å². The van der Waals surface area contributed by atoms with Crippen LogP contribution in [-0.4, -0.2) is 18.4 Å². The van der Waals surface area contributed by atoms with E-state index in [9.17, 15) is 14.0 Å². The second kappa shape index (κ2) is 5.96. The lowest BCUT2D eigenvalue weighted by molar-refractivity contribution is -0.120. The predicted molar refractivity (Wildman–Crippen MR) is 88.6 cm³/mol. The molecular formula is C18H17FN2O3. The molecule has 1 heterocycles. The molecule has 0 unspecified atom stereocenters. The maximum absolute atomic E-state index is 13.4. The number of fused-ring (bicyclic) bond motifs is 1. The van der Waals surface area contributed by atoms with Crippen LogP contribution < -0.4 is 15.4 Å². The number of hydrogen-bond acceptors (Lipinski definition) is 3. The Morgan fingerprint density at radius 3 is 2.75 bits per heavy atom. The van der Waals surface area contributed by atoms with Crippen LogP contribution in [0.3, 0.4) is 0 Å². The molecule has 0 bridgehead atoms. The van der Waals surface area contributed by atoms with Crippen LogP contribution >= 0.6 is 0 Å². The van der Waals surface area contributed by atoms with Crippen LogP contribution in [0, 0.1) is 5.82 Å². The van der Waals surface area contributed by atoms with Crippen LogP contribution in [0.2, 0.25) is 0 Å². The molecule has 0 saturated heterocycles. The molecule has 0 aliphatic carbocycles. The van der Waals surface area contributed by atoms with E-state index < -0.39 is 17.1 Å². The molecule has 2 aromatic carbocycles. The van der Waals surface area contributed by atoms with Crippen LogP contribution in [0.5, 0.6) is 5.75 Å². The molecule has 2 aromatic rings. The van der Waals surface area contributed by atoms with Crippen molar-refractivity contribution in [2.24, 2.45) is 0 Å². The standard InChI is InChI=1S/C18H17FN2O3/c1-18(2)12-9-11(7-8-14(12)21-17(18)23)20-16(22)10-24-15-6-4-3-5-13(15)19/h3-9H,10H2,1-2H3,(H,20,22)(H,21,23). The fourth-order valence-corrected chi connectivity index (χ4v) is 2.55. The number of carbonyl (C=O) groups is 2. The molecule has 1 aliphatic heterocycles. The predicted octanol–water partition coefficient (Wildman–Crippen LogP) is 3.07. The summed E-state index contributed by atoms with van der Waals surface area (Å²) in [5.41, 5.74) is 1.46. The molecule has 6 heteroatoms. The molecule has 24 heavy (non-hydrogen) atoms. The van der Waals surface area contributed by atoms with Crippen molar-refractivity contribution in [1.82, 2.24) is 0 Å². The Bertz CT molecular complexity index is 818. The van der Waals surface area contributed by atoms with Gasteiger partial charge in [-0.25, -0.2) is 4.39 Å². The van der Waals surface area contributed by atoms with E-state index in [0.29, 0.717) is 5.69 Å². The molecule has 0 aromatic heterocycles. The first kappa shape index (κ1) is 16.0. The molecule has 0 atom stereocenters. The van der Waals surface area contributed by atoms with E-state index in [1.807, 2.05) is 13.8 Å². The number of halogens is 1. The van der Waals surface area contributed by atoms with Gasteiger partial charge in [0.2, 0.25) is 5.91 Å². The molecule has 2 N–H and O–H groups in total. The van der Waals surface area contributed by atoms with Crippen molar-refractivity contribution in [2.75, 3.05) is 17.2 Å². The highest BCUT2D eigenvalue weighted by atomic mass is 19.1. The average molecular weight is 328 g/mol. The van der Waals surface area contributed by atoms with Crippen molar-refractivity contribution in [3.05, 3.63) is 53.8 Å². The Morgan fingerprint density at radius 2 is 2.00 bits per heavy atom. The van der Waals surface area contributed by atoms with E-state index in [2.05, 4.69) is 10.6 Å². The van der Waals surface area contributed by atoms with Crippen LogP contribution in [0.4, 0.5) is 15.8 Å². The third-order valence-corrected chi connectivity index (χ3v) is 3.99. The van der Waals surface area contributed by atoms with Gasteiger partial charge >= 0.3 is 0 Å². The summed E-state index contributed by atoms with van der Waals surface area (Å²) in [6.45, 7) is 3.33. The molecule has 0 saturated carbocycles. The van der Waals surface area contributed by atoms with Crippen LogP contribution in [0.1, 0.15) is 19.4 Å². The lowest BCUT2D eigenvalue weighted by Crippen LogP contribution is -2.27. The van der Waals surface area contributed by atoms with Crippen molar-refractivity contribution in [3.8, 4) is 5.75 Å². The van der Waals surface area contributed by atoms with E-state index in [-0.39, 0.29) is 18.3 Å². The number of nitrogens with one attached hydrogen (secondary N) is 2. The number of hydrogen-bond donors (Lipinski definition) is 2. The Labute approximate surface area is 138 Å². The van der Waals surface area contributed by atoms with E-state index >= 15 is 0 Å². The van der Waals surface area contributed by atoms with Gasteiger partial charge in [-0.15, -0.1) is 0 Å². The number of amides is 2. The molecule has 0 fully saturated rings. The summed E-state index contributed by atoms with van der Waals surface area (Å²) < 4.78 is 18.6. The monoisotopic (exact) mass is 328 g/mol. The van der Waals surface area contributed by atoms with Gasteiger partial charge in [0.05, 0.1) is 5.41 Å². The largest absolute Gasteiger partial charge is 0.481 e. The molecule has 1 aliphatic rings. The number of anilines is 2. The minimum Gasteiger partial charge on any atom is -0.481 e. The second-order valence-corrected chi connectivity index (χ2v) is 6.11. The van der Waals surface area contributed by atoms with Gasteiger partial charge < -0.3 is 15.4 Å². The summed E-state index contributed by atoms with van der Waals surface area (Å²) >= 11 is 0. The van der Waals surface area contributed by atoms with Crippen LogP contribution in [0.25, 0.3) is 0 Å². The number of benzene rings is 2. The minimum atomic E-state index is -0.653. The highest BCUT2D eigenvalue weighted by Crippen LogP contribution is 2.38. The molecule has 2 amide bonds. The molecule has 5 nitrogen and oxygen atoms in total. The first-order chi connectivity index (χ1) is 11.4. The summed E-state index contributed by atoms with van der Waals surface area (Å²) in [5.74, 6) is -0.983. The highest BCUT2D eigenvalue weighted by molar-refractivity contribution is 6.06. The Morgan fingerprint density at radius 1 is 1.25 bits per heavy atom. The van der Waals surface area contributed by atoms with E-state index in [1.165, 1.54) is 12.1 Å². The summed E-state index contributed by atoms with van der Waals surface area (Å²) in [4.78, 5) is 23.9. The van der Waals surface area contributed by atoms with Gasteiger partial charge in [0.15, 0.2) is 18.2 Å². The van der Waals surface area contributed by atoms with Crippen molar-refractivity contribution in [2.45, 2.75) is 19.3 Å². The fourth-order valence-electron chi connectivity index (χ4n) is 2.55. The first-order valence-corrected chi connectivity index (χ1v) is 7.51. The Hall–Kier alpha value is -2.89. The zero-order valence-electron chi connectivity index (χ0n) is 13.4. The van der Waals surface area contributed by atoms with Crippen molar-refractivity contribution in [1.29, 1.82) is 0 Å². The molecule has 0 radical (unpaired) electrons. The van der Waals surface area contributed by atoms with Gasteiger partial charge in [-0.1, -0.05) is 12.1 Å². The van der Waals surface area contributed by atoms with Gasteiger partial charge in [0.1, 0.15) is 0 Å². The Balaban J connectivity index is 1.67. The summed E-state index contributed by atoms with van der Waals surface area (Å²) in [7, 11) is 0. The van der Waals surface area contributed by atoms with Crippen LogP contribution in [-0.2, 0) is 15.0 Å². The summed E-state index contributed by atoms with van der Waals surface area (Å²) in [6, 6.07) is 11.1. The zero-order valence-corrected chi connectivity index (χ0v) is 13.4. The fraction of sp³-hybridized carbons (Fsp3) is 0.222. The van der Waals surface area contributed by atoms with Crippen molar-refractivity contribution in [3.63, 3.8) is 0 Å². The number of carbonyl (C=O) groups excluding carboxylic acids is 2. The quantitative estimate of drug-likeness (QED) is 0.906. The number of rotatable bonds is 4. The van der Waals surface area contributed by atoms with E-state index in [0.717, 1.165) is 11.3 Å². The average Bonchev–Trinajstić information content (AvgIpc) is 2.77. The van der Waals surface area contributed by atoms with E-state index in [1.54, 1.807) is 30.3 Å². The smallest absolute Gasteiger partial charge is 0.262 e. The van der Waals surface area contributed by atoms with E-state index in [4.69, 9.17) is 4.74 Å². The number of para-hydroxylation sites is 1. The zero-order chi connectivity index (χ0) is 17.3. The van der Waals surface area contributed by atoms with Gasteiger partial charge in [-0.05, 0) is 49.7 Å². The summed E-state index contributed by atoms with van der Waals surface area (Å²) in [6.07, 6.45) is 0. The van der Waals surface area contributed by atoms with Crippen LogP contribution in [0.15, 0.2) is 42.5 Å². The highest BCUT2D eigenvalue weighted by Gasteiger charge is 2.38. The third kappa shape index (κ3) is 2.95. The first-order valence-electron chi connectivity index (χ1n) is 7.51. The lowest BCUT2D eigenvalue weighted by Gasteiger charge is -2.16. The minimum absolute atomic E-state index is 0.0255. The van der Waals surface area contributed by atoms with Gasteiger partial charge in [-0.2, -0.15) is 0 Å².